The van der Waals surface area contributed by atoms with Crippen molar-refractivity contribution in [2.45, 2.75) is 6.10 Å². The van der Waals surface area contributed by atoms with Crippen LogP contribution in [-0.2, 0) is 9.53 Å². The first-order valence-electron chi connectivity index (χ1n) is 7.83. The van der Waals surface area contributed by atoms with E-state index in [2.05, 4.69) is 23.5 Å². The number of amides is 1. The summed E-state index contributed by atoms with van der Waals surface area (Å²) in [5.41, 5.74) is 1.10. The Balaban J connectivity index is 1.80. The van der Waals surface area contributed by atoms with Gasteiger partial charge in [-0.3, -0.25) is 4.79 Å². The highest BCUT2D eigenvalue weighted by molar-refractivity contribution is 5.84. The lowest BCUT2D eigenvalue weighted by molar-refractivity contribution is -0.137. The summed E-state index contributed by atoms with van der Waals surface area (Å²) in [5.74, 6) is 0.967. The molecule has 2 aromatic carbocycles. The van der Waals surface area contributed by atoms with Gasteiger partial charge in [0.2, 0.25) is 5.91 Å². The van der Waals surface area contributed by atoms with Gasteiger partial charge < -0.3 is 19.7 Å². The maximum absolute atomic E-state index is 12.1. The molecule has 23 heavy (non-hydrogen) atoms. The van der Waals surface area contributed by atoms with E-state index in [1.165, 1.54) is 0 Å². The molecular weight excluding hydrogens is 292 g/mol. The van der Waals surface area contributed by atoms with Crippen molar-refractivity contribution >= 4 is 16.7 Å². The SMILES string of the molecule is CNCC(=O)N1CCO[C@@H](c2ccc3cc(OC)ccc3c2)C1. The number of methoxy groups -OCH3 is 1. The van der Waals surface area contributed by atoms with Crippen molar-refractivity contribution in [2.24, 2.45) is 0 Å². The Labute approximate surface area is 136 Å². The van der Waals surface area contributed by atoms with Crippen LogP contribution in [0.1, 0.15) is 11.7 Å². The van der Waals surface area contributed by atoms with Crippen LogP contribution in [0.25, 0.3) is 10.8 Å². The van der Waals surface area contributed by atoms with Gasteiger partial charge in [-0.2, -0.15) is 0 Å². The highest BCUT2D eigenvalue weighted by Crippen LogP contribution is 2.27. The highest BCUT2D eigenvalue weighted by Gasteiger charge is 2.25. The second-order valence-corrected chi connectivity index (χ2v) is 5.70. The maximum atomic E-state index is 12.1. The monoisotopic (exact) mass is 314 g/mol. The minimum atomic E-state index is -0.0731. The first kappa shape index (κ1) is 15.8. The molecule has 0 bridgehead atoms. The lowest BCUT2D eigenvalue weighted by atomic mass is 10.0. The van der Waals surface area contributed by atoms with Gasteiger partial charge in [-0.1, -0.05) is 18.2 Å². The fourth-order valence-corrected chi connectivity index (χ4v) is 2.91. The molecule has 1 aliphatic rings. The summed E-state index contributed by atoms with van der Waals surface area (Å²) in [7, 11) is 3.45. The van der Waals surface area contributed by atoms with Crippen molar-refractivity contribution in [3.05, 3.63) is 42.0 Å². The molecule has 5 nitrogen and oxygen atoms in total. The summed E-state index contributed by atoms with van der Waals surface area (Å²) in [5, 5.41) is 5.19. The fourth-order valence-electron chi connectivity index (χ4n) is 2.91. The van der Waals surface area contributed by atoms with Gasteiger partial charge in [-0.25, -0.2) is 0 Å². The summed E-state index contributed by atoms with van der Waals surface area (Å²) in [6, 6.07) is 12.3. The number of hydrogen-bond acceptors (Lipinski definition) is 4. The molecule has 5 heteroatoms. The maximum Gasteiger partial charge on any atom is 0.236 e. The van der Waals surface area contributed by atoms with E-state index in [0.717, 1.165) is 22.1 Å². The molecule has 1 amide bonds. The van der Waals surface area contributed by atoms with E-state index < -0.39 is 0 Å². The minimum absolute atomic E-state index is 0.0731. The molecule has 1 atom stereocenters. The van der Waals surface area contributed by atoms with Crippen LogP contribution in [0.3, 0.4) is 0 Å². The summed E-state index contributed by atoms with van der Waals surface area (Å²) < 4.78 is 11.1. The van der Waals surface area contributed by atoms with Crippen molar-refractivity contribution in [1.82, 2.24) is 10.2 Å². The van der Waals surface area contributed by atoms with Crippen molar-refractivity contribution < 1.29 is 14.3 Å². The number of hydrogen-bond donors (Lipinski definition) is 1. The van der Waals surface area contributed by atoms with Gasteiger partial charge >= 0.3 is 0 Å². The van der Waals surface area contributed by atoms with Crippen LogP contribution in [-0.4, -0.2) is 51.2 Å². The van der Waals surface area contributed by atoms with Gasteiger partial charge in [0.15, 0.2) is 0 Å². The molecule has 1 fully saturated rings. The lowest BCUT2D eigenvalue weighted by Crippen LogP contribution is -2.45. The van der Waals surface area contributed by atoms with Gasteiger partial charge in [0, 0.05) is 6.54 Å². The molecule has 0 aromatic heterocycles. The Morgan fingerprint density at radius 3 is 2.87 bits per heavy atom. The third kappa shape index (κ3) is 3.46. The third-order valence-electron chi connectivity index (χ3n) is 4.19. The molecule has 122 valence electrons. The van der Waals surface area contributed by atoms with Gasteiger partial charge in [0.25, 0.3) is 0 Å². The van der Waals surface area contributed by atoms with Crippen LogP contribution in [0.15, 0.2) is 36.4 Å². The molecule has 0 spiro atoms. The normalized spacial score (nSPS) is 18.2. The molecule has 0 aliphatic carbocycles. The van der Waals surface area contributed by atoms with Crippen molar-refractivity contribution in [3.63, 3.8) is 0 Å². The molecule has 1 heterocycles. The van der Waals surface area contributed by atoms with E-state index in [4.69, 9.17) is 9.47 Å². The first-order valence-corrected chi connectivity index (χ1v) is 7.83. The average Bonchev–Trinajstić information content (AvgIpc) is 2.61. The number of ether oxygens (including phenoxy) is 2. The number of nitrogens with zero attached hydrogens (tertiary/aromatic N) is 1. The Morgan fingerprint density at radius 2 is 2.09 bits per heavy atom. The van der Waals surface area contributed by atoms with Gasteiger partial charge in [0.05, 0.1) is 26.8 Å². The number of carbonyl (C=O) groups is 1. The van der Waals surface area contributed by atoms with Crippen molar-refractivity contribution in [1.29, 1.82) is 0 Å². The van der Waals surface area contributed by atoms with Gasteiger partial charge in [-0.15, -0.1) is 0 Å². The van der Waals surface area contributed by atoms with Crippen LogP contribution >= 0.6 is 0 Å². The molecule has 1 aliphatic heterocycles. The number of likely N-dealkylation sites (N-methyl/N-ethyl adjacent to an activating group) is 1. The zero-order chi connectivity index (χ0) is 16.2. The minimum Gasteiger partial charge on any atom is -0.497 e. The Hall–Kier alpha value is -2.11. The highest BCUT2D eigenvalue weighted by atomic mass is 16.5. The van der Waals surface area contributed by atoms with E-state index in [0.29, 0.717) is 26.2 Å². The lowest BCUT2D eigenvalue weighted by Gasteiger charge is -2.33. The predicted molar refractivity (Wildman–Crippen MR) is 89.7 cm³/mol. The number of rotatable bonds is 4. The zero-order valence-corrected chi connectivity index (χ0v) is 13.5. The molecule has 3 rings (SSSR count). The van der Waals surface area contributed by atoms with Crippen molar-refractivity contribution in [3.8, 4) is 5.75 Å². The smallest absolute Gasteiger partial charge is 0.236 e. The van der Waals surface area contributed by atoms with Crippen LogP contribution in [0.4, 0.5) is 0 Å². The second kappa shape index (κ2) is 6.98. The van der Waals surface area contributed by atoms with Crippen LogP contribution in [0, 0.1) is 0 Å². The molecule has 1 saturated heterocycles. The van der Waals surface area contributed by atoms with E-state index in [1.807, 2.05) is 23.1 Å². The molecule has 0 saturated carbocycles. The van der Waals surface area contributed by atoms with Crippen LogP contribution in [0.5, 0.6) is 5.75 Å². The second-order valence-electron chi connectivity index (χ2n) is 5.70. The van der Waals surface area contributed by atoms with Gasteiger partial charge in [-0.05, 0) is 41.6 Å². The zero-order valence-electron chi connectivity index (χ0n) is 13.5. The number of nitrogens with one attached hydrogen (secondary N) is 1. The summed E-state index contributed by atoms with van der Waals surface area (Å²) in [4.78, 5) is 13.9. The van der Waals surface area contributed by atoms with Crippen LogP contribution in [0.2, 0.25) is 0 Å². The summed E-state index contributed by atoms with van der Waals surface area (Å²) in [6.07, 6.45) is -0.0731. The molecular formula is C18H22N2O3. The largest absolute Gasteiger partial charge is 0.497 e. The predicted octanol–water partition coefficient (Wildman–Crippen LogP) is 1.97. The Kier molecular flexibility index (Phi) is 4.79. The summed E-state index contributed by atoms with van der Waals surface area (Å²) >= 11 is 0. The topological polar surface area (TPSA) is 50.8 Å². The van der Waals surface area contributed by atoms with E-state index in [1.54, 1.807) is 14.2 Å². The molecule has 0 unspecified atom stereocenters. The van der Waals surface area contributed by atoms with Gasteiger partial charge in [0.1, 0.15) is 11.9 Å². The Morgan fingerprint density at radius 1 is 1.30 bits per heavy atom. The Bertz CT molecular complexity index is 702. The summed E-state index contributed by atoms with van der Waals surface area (Å²) in [6.45, 7) is 2.19. The number of fused-ring (bicyclic) bond motifs is 1. The van der Waals surface area contributed by atoms with Crippen molar-refractivity contribution in [2.75, 3.05) is 40.4 Å². The third-order valence-corrected chi connectivity index (χ3v) is 4.19. The van der Waals surface area contributed by atoms with Crippen LogP contribution < -0.4 is 10.1 Å². The molecule has 1 N–H and O–H groups in total. The number of carbonyl (C=O) groups excluding carboxylic acids is 1. The average molecular weight is 314 g/mol. The standard InChI is InChI=1S/C18H22N2O3/c1-19-11-18(21)20-7-8-23-17(12-20)15-4-3-14-10-16(22-2)6-5-13(14)9-15/h3-6,9-10,17,19H,7-8,11-12H2,1-2H3/t17-/m1/s1. The van der Waals surface area contributed by atoms with E-state index in [-0.39, 0.29) is 12.0 Å². The molecule has 2 aromatic rings. The fraction of sp³-hybridized carbons (Fsp3) is 0.389. The number of morpholine rings is 1. The first-order chi connectivity index (χ1) is 11.2. The number of benzene rings is 2. The van der Waals surface area contributed by atoms with E-state index >= 15 is 0 Å². The van der Waals surface area contributed by atoms with E-state index in [9.17, 15) is 4.79 Å². The quantitative estimate of drug-likeness (QED) is 0.937. The molecule has 0 radical (unpaired) electrons.